The molecule has 0 radical (unpaired) electrons. The van der Waals surface area contributed by atoms with Gasteiger partial charge in [-0.1, -0.05) is 0 Å². The first-order valence-corrected chi connectivity index (χ1v) is 7.88. The number of carbonyl (C=O) groups is 2. The third kappa shape index (κ3) is 2.94. The minimum absolute atomic E-state index is 0.142. The lowest BCUT2D eigenvalue weighted by atomic mass is 9.90. The fourth-order valence-electron chi connectivity index (χ4n) is 3.61. The van der Waals surface area contributed by atoms with Crippen molar-refractivity contribution in [3.05, 3.63) is 35.4 Å². The summed E-state index contributed by atoms with van der Waals surface area (Å²) in [5, 5.41) is 9.23. The molecule has 0 aromatic heterocycles. The number of hydrogen-bond donors (Lipinski definition) is 1. The molecule has 0 spiro atoms. The summed E-state index contributed by atoms with van der Waals surface area (Å²) in [6, 6.07) is 2.91. The Morgan fingerprint density at radius 2 is 2.00 bits per heavy atom. The van der Waals surface area contributed by atoms with Gasteiger partial charge in [0, 0.05) is 18.5 Å². The van der Waals surface area contributed by atoms with Crippen LogP contribution in [0.4, 0.5) is 8.78 Å². The number of aliphatic carboxylic acids is 1. The topological polar surface area (TPSA) is 57.6 Å². The average molecular weight is 323 g/mol. The predicted molar refractivity (Wildman–Crippen MR) is 78.7 cm³/mol. The van der Waals surface area contributed by atoms with Crippen LogP contribution in [0.15, 0.2) is 18.2 Å². The van der Waals surface area contributed by atoms with E-state index in [9.17, 15) is 23.5 Å². The highest BCUT2D eigenvalue weighted by atomic mass is 19.1. The van der Waals surface area contributed by atoms with E-state index in [1.165, 1.54) is 0 Å². The lowest BCUT2D eigenvalue weighted by Crippen LogP contribution is -2.49. The first-order valence-electron chi connectivity index (χ1n) is 7.88. The molecule has 6 heteroatoms. The lowest BCUT2D eigenvalue weighted by molar-refractivity contribution is -0.149. The number of nitrogens with zero attached hydrogens (tertiary/aromatic N) is 1. The molecule has 2 unspecified atom stereocenters. The number of hydrogen-bond acceptors (Lipinski definition) is 2. The Bertz CT molecular complexity index is 649. The van der Waals surface area contributed by atoms with Gasteiger partial charge in [0.25, 0.3) is 0 Å². The van der Waals surface area contributed by atoms with E-state index in [0.717, 1.165) is 18.2 Å². The van der Waals surface area contributed by atoms with E-state index in [4.69, 9.17) is 0 Å². The molecule has 1 N–H and O–H groups in total. The number of benzene rings is 1. The second kappa shape index (κ2) is 5.91. The SMILES string of the molecule is C[C@@H]1[C@H](C(=O)O)CCCN1C(=O)C1CC1c1cc(F)ccc1F. The quantitative estimate of drug-likeness (QED) is 0.930. The minimum Gasteiger partial charge on any atom is -0.481 e. The number of rotatable bonds is 3. The van der Waals surface area contributed by atoms with Crippen molar-refractivity contribution >= 4 is 11.9 Å². The summed E-state index contributed by atoms with van der Waals surface area (Å²) in [4.78, 5) is 25.5. The van der Waals surface area contributed by atoms with E-state index in [0.29, 0.717) is 25.8 Å². The summed E-state index contributed by atoms with van der Waals surface area (Å²) in [5.74, 6) is -3.29. The van der Waals surface area contributed by atoms with Crippen LogP contribution in [0.5, 0.6) is 0 Å². The van der Waals surface area contributed by atoms with Crippen LogP contribution in [-0.2, 0) is 9.59 Å². The molecule has 124 valence electrons. The summed E-state index contributed by atoms with van der Waals surface area (Å²) >= 11 is 0. The van der Waals surface area contributed by atoms with Crippen molar-refractivity contribution in [3.8, 4) is 0 Å². The summed E-state index contributed by atoms with van der Waals surface area (Å²) in [6.45, 7) is 2.27. The van der Waals surface area contributed by atoms with E-state index in [1.54, 1.807) is 11.8 Å². The van der Waals surface area contributed by atoms with Crippen LogP contribution in [0.3, 0.4) is 0 Å². The Morgan fingerprint density at radius 1 is 1.26 bits per heavy atom. The first kappa shape index (κ1) is 15.9. The second-order valence-corrected chi connectivity index (χ2v) is 6.47. The number of carbonyl (C=O) groups excluding carboxylic acids is 1. The van der Waals surface area contributed by atoms with Gasteiger partial charge < -0.3 is 10.0 Å². The molecule has 1 heterocycles. The number of likely N-dealkylation sites (tertiary alicyclic amines) is 1. The molecule has 1 aliphatic carbocycles. The highest BCUT2D eigenvalue weighted by Crippen LogP contribution is 2.50. The largest absolute Gasteiger partial charge is 0.481 e. The molecular weight excluding hydrogens is 304 g/mol. The van der Waals surface area contributed by atoms with Crippen molar-refractivity contribution in [1.82, 2.24) is 4.90 Å². The van der Waals surface area contributed by atoms with Gasteiger partial charge in [-0.05, 0) is 55.9 Å². The van der Waals surface area contributed by atoms with Gasteiger partial charge >= 0.3 is 5.97 Å². The summed E-state index contributed by atoms with van der Waals surface area (Å²) < 4.78 is 27.1. The Labute approximate surface area is 133 Å². The zero-order chi connectivity index (χ0) is 16.7. The van der Waals surface area contributed by atoms with E-state index in [1.807, 2.05) is 0 Å². The molecule has 4 atom stereocenters. The highest BCUT2D eigenvalue weighted by molar-refractivity contribution is 5.84. The smallest absolute Gasteiger partial charge is 0.308 e. The number of carboxylic acids is 1. The Hall–Kier alpha value is -1.98. The zero-order valence-corrected chi connectivity index (χ0v) is 12.8. The van der Waals surface area contributed by atoms with Crippen molar-refractivity contribution in [2.75, 3.05) is 6.54 Å². The van der Waals surface area contributed by atoms with E-state index >= 15 is 0 Å². The normalized spacial score (nSPS) is 30.1. The molecule has 3 rings (SSSR count). The molecule has 1 aliphatic heterocycles. The van der Waals surface area contributed by atoms with Crippen molar-refractivity contribution in [1.29, 1.82) is 0 Å². The van der Waals surface area contributed by atoms with Crippen molar-refractivity contribution < 1.29 is 23.5 Å². The van der Waals surface area contributed by atoms with Gasteiger partial charge in [-0.3, -0.25) is 9.59 Å². The summed E-state index contributed by atoms with van der Waals surface area (Å²) in [5.41, 5.74) is 0.239. The van der Waals surface area contributed by atoms with Crippen LogP contribution < -0.4 is 0 Å². The molecule has 1 aromatic rings. The summed E-state index contributed by atoms with van der Waals surface area (Å²) in [7, 11) is 0. The van der Waals surface area contributed by atoms with Crippen LogP contribution in [0.25, 0.3) is 0 Å². The van der Waals surface area contributed by atoms with Gasteiger partial charge in [0.15, 0.2) is 0 Å². The second-order valence-electron chi connectivity index (χ2n) is 6.47. The van der Waals surface area contributed by atoms with E-state index in [-0.39, 0.29) is 29.3 Å². The number of piperidine rings is 1. The van der Waals surface area contributed by atoms with Crippen LogP contribution in [-0.4, -0.2) is 34.5 Å². The van der Waals surface area contributed by atoms with Crippen LogP contribution in [0.1, 0.15) is 37.7 Å². The fraction of sp³-hybridized carbons (Fsp3) is 0.529. The minimum atomic E-state index is -0.890. The van der Waals surface area contributed by atoms with Crippen LogP contribution in [0.2, 0.25) is 0 Å². The van der Waals surface area contributed by atoms with E-state index < -0.39 is 23.5 Å². The van der Waals surface area contributed by atoms with Gasteiger partial charge in [0.05, 0.1) is 5.92 Å². The van der Waals surface area contributed by atoms with E-state index in [2.05, 4.69) is 0 Å². The van der Waals surface area contributed by atoms with Gasteiger partial charge in [-0.15, -0.1) is 0 Å². The molecule has 0 bridgehead atoms. The third-order valence-corrected chi connectivity index (χ3v) is 5.05. The molecule has 2 fully saturated rings. The summed E-state index contributed by atoms with van der Waals surface area (Å²) in [6.07, 6.45) is 1.70. The molecule has 1 saturated carbocycles. The Kier molecular flexibility index (Phi) is 4.08. The lowest BCUT2D eigenvalue weighted by Gasteiger charge is -2.37. The van der Waals surface area contributed by atoms with Gasteiger partial charge in [0.1, 0.15) is 11.6 Å². The molecular formula is C17H19F2NO3. The first-order chi connectivity index (χ1) is 10.9. The maximum absolute atomic E-state index is 13.8. The molecule has 23 heavy (non-hydrogen) atoms. The Morgan fingerprint density at radius 3 is 2.70 bits per heavy atom. The number of amides is 1. The van der Waals surface area contributed by atoms with Crippen LogP contribution in [0, 0.1) is 23.5 Å². The van der Waals surface area contributed by atoms with Crippen molar-refractivity contribution in [3.63, 3.8) is 0 Å². The highest BCUT2D eigenvalue weighted by Gasteiger charge is 2.49. The molecule has 1 amide bonds. The van der Waals surface area contributed by atoms with Gasteiger partial charge in [0.2, 0.25) is 5.91 Å². The number of halogens is 2. The average Bonchev–Trinajstić information content (AvgIpc) is 3.29. The molecule has 2 aliphatic rings. The fourth-order valence-corrected chi connectivity index (χ4v) is 3.61. The van der Waals surface area contributed by atoms with Gasteiger partial charge in [-0.25, -0.2) is 8.78 Å². The monoisotopic (exact) mass is 323 g/mol. The maximum atomic E-state index is 13.8. The maximum Gasteiger partial charge on any atom is 0.308 e. The third-order valence-electron chi connectivity index (χ3n) is 5.05. The zero-order valence-electron chi connectivity index (χ0n) is 12.8. The molecule has 1 saturated heterocycles. The predicted octanol–water partition coefficient (Wildman–Crippen LogP) is 2.78. The number of carboxylic acid groups (broad SMARTS) is 1. The van der Waals surface area contributed by atoms with Gasteiger partial charge in [-0.2, -0.15) is 0 Å². The standard InChI is InChI=1S/C17H19F2NO3/c1-9-11(17(22)23)3-2-6-20(9)16(21)14-8-12(14)13-7-10(18)4-5-15(13)19/h4-5,7,9,11-12,14H,2-3,6,8H2,1H3,(H,22,23)/t9-,11-,12?,14?/m1/s1. The van der Waals surface area contributed by atoms with Crippen molar-refractivity contribution in [2.45, 2.75) is 38.1 Å². The molecule has 4 nitrogen and oxygen atoms in total. The van der Waals surface area contributed by atoms with Crippen LogP contribution >= 0.6 is 0 Å². The Balaban J connectivity index is 1.72. The van der Waals surface area contributed by atoms with Crippen molar-refractivity contribution in [2.24, 2.45) is 11.8 Å². The molecule has 1 aromatic carbocycles.